The number of nitrogens with zero attached hydrogens (tertiary/aromatic N) is 11. The van der Waals surface area contributed by atoms with Crippen molar-refractivity contribution in [2.24, 2.45) is 0 Å². The van der Waals surface area contributed by atoms with E-state index in [2.05, 4.69) is 57.8 Å². The van der Waals surface area contributed by atoms with E-state index in [9.17, 15) is 14.4 Å². The number of likely N-dealkylation sites (tertiary alicyclic amines) is 1. The molecule has 0 spiro atoms. The molecule has 0 bridgehead atoms. The molecular weight excluding hydrogens is 1160 g/mol. The Labute approximate surface area is 524 Å². The Balaban J connectivity index is 0.000000144. The largest absolute Gasteiger partial charge is 0.461 e. The SMILES string of the molecule is O=C1c2ccccc2OC=C(Cl)N1CCCCN1CC=C(c2ccccn2)CC1.O=C1c2ccccc2OC=C(Cl)N1CCCCN1CC=C(c2ncccn2)CC1.O=C1c2ccccc2OC=C(Cl)N1CCCCN1CCC(c2ncccn2)CC1. The smallest absolute Gasteiger partial charge is 0.262 e. The van der Waals surface area contributed by atoms with Crippen LogP contribution in [0.2, 0.25) is 0 Å². The van der Waals surface area contributed by atoms with E-state index >= 15 is 0 Å². The van der Waals surface area contributed by atoms with Crippen LogP contribution in [0.1, 0.15) is 119 Å². The quantitative estimate of drug-likeness (QED) is 0.0590. The van der Waals surface area contributed by atoms with E-state index < -0.39 is 0 Å². The number of unbranched alkanes of at least 4 members (excludes halogenated alkanes) is 3. The summed E-state index contributed by atoms with van der Waals surface area (Å²) in [5.74, 6) is 3.55. The van der Waals surface area contributed by atoms with E-state index in [1.165, 1.54) is 29.9 Å². The van der Waals surface area contributed by atoms with Gasteiger partial charge in [0.1, 0.15) is 57.3 Å². The van der Waals surface area contributed by atoms with Crippen LogP contribution >= 0.6 is 34.8 Å². The molecule has 17 nitrogen and oxygen atoms in total. The number of ether oxygens (including phenoxy) is 3. The fraction of sp³-hybridized carbons (Fsp3) is 0.343. The molecule has 0 N–H and O–H groups in total. The highest BCUT2D eigenvalue weighted by atomic mass is 35.5. The van der Waals surface area contributed by atoms with Crippen molar-refractivity contribution in [2.75, 3.05) is 78.5 Å². The van der Waals surface area contributed by atoms with Gasteiger partial charge in [-0.1, -0.05) is 89.4 Å². The third kappa shape index (κ3) is 17.1. The molecule has 0 saturated carbocycles. The van der Waals surface area contributed by atoms with Gasteiger partial charge in [-0.05, 0) is 169 Å². The number of hydrogen-bond acceptors (Lipinski definition) is 14. The van der Waals surface area contributed by atoms with Crippen molar-refractivity contribution in [3.63, 3.8) is 0 Å². The lowest BCUT2D eigenvalue weighted by Gasteiger charge is -2.31. The number of halogens is 3. The number of pyridine rings is 1. The molecule has 3 amide bonds. The Kier molecular flexibility index (Phi) is 22.7. The zero-order valence-electron chi connectivity index (χ0n) is 48.7. The van der Waals surface area contributed by atoms with Crippen LogP contribution in [0.15, 0.2) is 181 Å². The van der Waals surface area contributed by atoms with E-state index in [4.69, 9.17) is 49.0 Å². The molecular formula is C67H72Cl3N11O6. The number of para-hydroxylation sites is 3. The summed E-state index contributed by atoms with van der Waals surface area (Å²) in [5.41, 5.74) is 5.25. The molecule has 1 saturated heterocycles. The van der Waals surface area contributed by atoms with Gasteiger partial charge in [0, 0.05) is 82.7 Å². The third-order valence-corrected chi connectivity index (χ3v) is 16.9. The van der Waals surface area contributed by atoms with Crippen LogP contribution in [0.4, 0.5) is 0 Å². The summed E-state index contributed by atoms with van der Waals surface area (Å²) < 4.78 is 16.6. The average molecular weight is 1230 g/mol. The minimum atomic E-state index is -0.118. The van der Waals surface area contributed by atoms with Gasteiger partial charge < -0.3 is 19.1 Å². The molecule has 6 aromatic rings. The Morgan fingerprint density at radius 2 is 0.805 bits per heavy atom. The standard InChI is InChI=1S/C23H24ClN3O2.C22H25ClN4O2.C22H23ClN4O2/c24-22-17-29-21-9-2-1-7-19(21)23(28)27(22)14-6-5-13-26-15-10-18(11-16-26)20-8-3-4-12-25-20;2*23-20-16-29-19-7-2-1-6-18(19)22(28)27(20)13-4-3-12-26-14-8-17(9-15-26)21-24-10-5-11-25-21/h1-4,7-10,12,17H,5-6,11,13-16H2;1-2,5-7,10-11,16-17H,3-4,8-9,12-15H2;1-2,5-8,10-11,16H,3-4,9,12-15H2. The second kappa shape index (κ2) is 31.7. The van der Waals surface area contributed by atoms with Crippen molar-refractivity contribution in [1.82, 2.24) is 54.3 Å². The first-order valence-electron chi connectivity index (χ1n) is 30.0. The van der Waals surface area contributed by atoms with E-state index in [-0.39, 0.29) is 17.7 Å². The van der Waals surface area contributed by atoms with E-state index in [0.717, 1.165) is 140 Å². The van der Waals surface area contributed by atoms with Gasteiger partial charge in [-0.15, -0.1) is 0 Å². The third-order valence-electron chi connectivity index (χ3n) is 16.0. The highest BCUT2D eigenvalue weighted by molar-refractivity contribution is 6.31. The molecule has 452 valence electrons. The minimum absolute atomic E-state index is 0.108. The van der Waals surface area contributed by atoms with E-state index in [1.54, 1.807) is 63.5 Å². The average Bonchev–Trinajstić information content (AvgIpc) is 4.08. The number of hydrogen-bond donors (Lipinski definition) is 0. The molecule has 3 aromatic heterocycles. The first kappa shape index (κ1) is 62.3. The van der Waals surface area contributed by atoms with Gasteiger partial charge in [0.2, 0.25) is 0 Å². The van der Waals surface area contributed by atoms with Crippen LogP contribution in [0.3, 0.4) is 0 Å². The molecule has 20 heteroatoms. The molecule has 6 aliphatic heterocycles. The number of carbonyl (C=O) groups is 3. The number of piperidine rings is 1. The molecule has 1 fully saturated rings. The molecule has 0 radical (unpaired) electrons. The lowest BCUT2D eigenvalue weighted by atomic mass is 9.96. The molecule has 12 rings (SSSR count). The lowest BCUT2D eigenvalue weighted by Crippen LogP contribution is -2.35. The summed E-state index contributed by atoms with van der Waals surface area (Å²) >= 11 is 18.9. The molecule has 3 aromatic carbocycles. The molecule has 6 aliphatic rings. The van der Waals surface area contributed by atoms with Gasteiger partial charge in [0.05, 0.1) is 22.4 Å². The van der Waals surface area contributed by atoms with Gasteiger partial charge in [0.25, 0.3) is 17.7 Å². The summed E-state index contributed by atoms with van der Waals surface area (Å²) in [6.07, 6.45) is 27.7. The second-order valence-electron chi connectivity index (χ2n) is 21.7. The molecule has 0 atom stereocenters. The Morgan fingerprint density at radius 1 is 0.414 bits per heavy atom. The van der Waals surface area contributed by atoms with Crippen LogP contribution < -0.4 is 14.2 Å². The highest BCUT2D eigenvalue weighted by Gasteiger charge is 2.29. The van der Waals surface area contributed by atoms with Crippen LogP contribution in [0.5, 0.6) is 17.2 Å². The number of rotatable bonds is 18. The number of fused-ring (bicyclic) bond motifs is 3. The monoisotopic (exact) mass is 1230 g/mol. The van der Waals surface area contributed by atoms with E-state index in [0.29, 0.717) is 75.0 Å². The summed E-state index contributed by atoms with van der Waals surface area (Å²) in [6.45, 7) is 10.7. The fourth-order valence-electron chi connectivity index (χ4n) is 11.2. The maximum Gasteiger partial charge on any atom is 0.262 e. The summed E-state index contributed by atoms with van der Waals surface area (Å²) in [7, 11) is 0. The number of aromatic nitrogens is 5. The minimum Gasteiger partial charge on any atom is -0.461 e. The van der Waals surface area contributed by atoms with Gasteiger partial charge in [-0.2, -0.15) is 0 Å². The Bertz CT molecular complexity index is 3280. The van der Waals surface area contributed by atoms with Crippen LogP contribution in [-0.2, 0) is 0 Å². The van der Waals surface area contributed by atoms with Gasteiger partial charge in [-0.25, -0.2) is 19.9 Å². The fourth-order valence-corrected chi connectivity index (χ4v) is 11.8. The maximum absolute atomic E-state index is 12.8. The van der Waals surface area contributed by atoms with Gasteiger partial charge in [-0.3, -0.25) is 43.9 Å². The van der Waals surface area contributed by atoms with Crippen molar-refractivity contribution < 1.29 is 28.6 Å². The molecule has 0 unspecified atom stereocenters. The van der Waals surface area contributed by atoms with E-state index in [1.807, 2.05) is 79.3 Å². The number of carbonyl (C=O) groups excluding carboxylic acids is 3. The van der Waals surface area contributed by atoms with Crippen molar-refractivity contribution in [3.8, 4) is 17.2 Å². The molecule has 87 heavy (non-hydrogen) atoms. The van der Waals surface area contributed by atoms with Crippen LogP contribution in [0.25, 0.3) is 11.1 Å². The number of benzene rings is 3. The highest BCUT2D eigenvalue weighted by Crippen LogP contribution is 2.32. The van der Waals surface area contributed by atoms with Gasteiger partial charge >= 0.3 is 0 Å². The predicted octanol–water partition coefficient (Wildman–Crippen LogP) is 12.5. The van der Waals surface area contributed by atoms with Crippen molar-refractivity contribution in [2.45, 2.75) is 70.1 Å². The van der Waals surface area contributed by atoms with Crippen LogP contribution in [0, 0.1) is 0 Å². The summed E-state index contributed by atoms with van der Waals surface area (Å²) in [5, 5.41) is 0.974. The molecule has 9 heterocycles. The summed E-state index contributed by atoms with van der Waals surface area (Å²) in [6, 6.07) is 31.4. The van der Waals surface area contributed by atoms with Crippen molar-refractivity contribution >= 4 is 63.7 Å². The zero-order chi connectivity index (χ0) is 60.2. The molecule has 0 aliphatic carbocycles. The maximum atomic E-state index is 12.8. The summed E-state index contributed by atoms with van der Waals surface area (Å²) in [4.78, 5) is 72.4. The predicted molar refractivity (Wildman–Crippen MR) is 339 cm³/mol. The first-order chi connectivity index (χ1) is 42.7. The topological polar surface area (TPSA) is 163 Å². The van der Waals surface area contributed by atoms with Crippen molar-refractivity contribution in [1.29, 1.82) is 0 Å². The van der Waals surface area contributed by atoms with Crippen LogP contribution in [-0.4, -0.2) is 151 Å². The Hall–Kier alpha value is -7.77. The van der Waals surface area contributed by atoms with Gasteiger partial charge in [0.15, 0.2) is 5.82 Å². The lowest BCUT2D eigenvalue weighted by molar-refractivity contribution is 0.0806. The number of amides is 3. The Morgan fingerprint density at radius 3 is 1.23 bits per heavy atom. The normalized spacial score (nSPS) is 17.4. The van der Waals surface area contributed by atoms with Crippen molar-refractivity contribution in [3.05, 3.63) is 215 Å². The zero-order valence-corrected chi connectivity index (χ0v) is 51.0. The first-order valence-corrected chi connectivity index (χ1v) is 31.1. The second-order valence-corrected chi connectivity index (χ2v) is 22.9.